The van der Waals surface area contributed by atoms with E-state index in [-0.39, 0.29) is 23.0 Å². The number of nitrogens with one attached hydrogen (secondary N) is 1. The minimum Gasteiger partial charge on any atom is -0.512 e. The third-order valence-electron chi connectivity index (χ3n) is 4.94. The second kappa shape index (κ2) is 10.0. The standard InChI is InChI=1S/C23H27N3O3/c1-18(27)21(22(24)19-8-4-2-5-9-19)23(28)26(20-10-6-3-7-11-20)13-12-25-14-16-29-17-15-25/h2-11,24,27H,12-17H2,1H3. The fourth-order valence-electron chi connectivity index (χ4n) is 3.35. The summed E-state index contributed by atoms with van der Waals surface area (Å²) in [7, 11) is 0. The summed E-state index contributed by atoms with van der Waals surface area (Å²) < 4.78 is 5.40. The van der Waals surface area contributed by atoms with Crippen LogP contribution in [0.2, 0.25) is 0 Å². The molecule has 0 radical (unpaired) electrons. The smallest absolute Gasteiger partial charge is 0.263 e. The maximum Gasteiger partial charge on any atom is 0.263 e. The average molecular weight is 393 g/mol. The van der Waals surface area contributed by atoms with Crippen molar-refractivity contribution in [3.8, 4) is 0 Å². The van der Waals surface area contributed by atoms with Gasteiger partial charge in [-0.3, -0.25) is 15.1 Å². The van der Waals surface area contributed by atoms with Crippen LogP contribution in [0.1, 0.15) is 12.5 Å². The number of morpholine rings is 1. The van der Waals surface area contributed by atoms with E-state index in [1.807, 2.05) is 48.5 Å². The first-order valence-electron chi connectivity index (χ1n) is 9.79. The van der Waals surface area contributed by atoms with Crippen LogP contribution in [0.25, 0.3) is 0 Å². The number of rotatable bonds is 7. The molecule has 0 aromatic heterocycles. The number of para-hydroxylation sites is 1. The van der Waals surface area contributed by atoms with E-state index in [1.54, 1.807) is 17.0 Å². The Morgan fingerprint density at radius 3 is 2.24 bits per heavy atom. The van der Waals surface area contributed by atoms with Crippen molar-refractivity contribution >= 4 is 17.3 Å². The summed E-state index contributed by atoms with van der Waals surface area (Å²) in [5.41, 5.74) is 1.36. The van der Waals surface area contributed by atoms with Crippen LogP contribution in [0.15, 0.2) is 72.0 Å². The lowest BCUT2D eigenvalue weighted by molar-refractivity contribution is -0.114. The lowest BCUT2D eigenvalue weighted by Crippen LogP contribution is -2.44. The summed E-state index contributed by atoms with van der Waals surface area (Å²) in [6.07, 6.45) is 0. The van der Waals surface area contributed by atoms with Gasteiger partial charge in [-0.25, -0.2) is 0 Å². The highest BCUT2D eigenvalue weighted by molar-refractivity contribution is 6.30. The molecule has 0 saturated carbocycles. The molecule has 2 N–H and O–H groups in total. The van der Waals surface area contributed by atoms with Crippen LogP contribution in [0.5, 0.6) is 0 Å². The van der Waals surface area contributed by atoms with Gasteiger partial charge in [-0.1, -0.05) is 48.5 Å². The SMILES string of the molecule is CC(O)=C(C(=N)c1ccccc1)C(=O)N(CCN1CCOCC1)c1ccccc1. The third-order valence-corrected chi connectivity index (χ3v) is 4.94. The Hall–Kier alpha value is -2.96. The maximum absolute atomic E-state index is 13.5. The second-order valence-electron chi connectivity index (χ2n) is 6.95. The van der Waals surface area contributed by atoms with Crippen LogP contribution in [0, 0.1) is 5.41 Å². The summed E-state index contributed by atoms with van der Waals surface area (Å²) in [5, 5.41) is 18.8. The number of hydrogen-bond donors (Lipinski definition) is 2. The Bertz CT molecular complexity index is 855. The molecular weight excluding hydrogens is 366 g/mol. The van der Waals surface area contributed by atoms with Crippen LogP contribution in [-0.2, 0) is 9.53 Å². The highest BCUT2D eigenvalue weighted by atomic mass is 16.5. The van der Waals surface area contributed by atoms with Gasteiger partial charge in [-0.05, 0) is 19.1 Å². The van der Waals surface area contributed by atoms with E-state index in [2.05, 4.69) is 4.90 Å². The minimum atomic E-state index is -0.377. The largest absolute Gasteiger partial charge is 0.512 e. The molecule has 29 heavy (non-hydrogen) atoms. The number of carbonyl (C=O) groups excluding carboxylic acids is 1. The zero-order chi connectivity index (χ0) is 20.6. The van der Waals surface area contributed by atoms with Crippen molar-refractivity contribution in [2.75, 3.05) is 44.3 Å². The van der Waals surface area contributed by atoms with E-state index in [1.165, 1.54) is 6.92 Å². The molecule has 0 spiro atoms. The van der Waals surface area contributed by atoms with E-state index in [0.29, 0.717) is 31.9 Å². The predicted octanol–water partition coefficient (Wildman–Crippen LogP) is 3.25. The number of amides is 1. The normalized spacial score (nSPS) is 15.5. The van der Waals surface area contributed by atoms with Crippen molar-refractivity contribution in [1.82, 2.24) is 4.90 Å². The summed E-state index contributed by atoms with van der Waals surface area (Å²) in [4.78, 5) is 17.4. The highest BCUT2D eigenvalue weighted by Crippen LogP contribution is 2.20. The zero-order valence-electron chi connectivity index (χ0n) is 16.7. The molecule has 6 nitrogen and oxygen atoms in total. The second-order valence-corrected chi connectivity index (χ2v) is 6.95. The molecule has 2 aromatic carbocycles. The van der Waals surface area contributed by atoms with E-state index in [9.17, 15) is 9.90 Å². The number of aliphatic hydroxyl groups excluding tert-OH is 1. The van der Waals surface area contributed by atoms with Gasteiger partial charge in [0.15, 0.2) is 0 Å². The number of allylic oxidation sites excluding steroid dienone is 1. The first kappa shape index (κ1) is 20.8. The zero-order valence-corrected chi connectivity index (χ0v) is 16.7. The van der Waals surface area contributed by atoms with Gasteiger partial charge in [-0.15, -0.1) is 0 Å². The van der Waals surface area contributed by atoms with Gasteiger partial charge in [-0.2, -0.15) is 0 Å². The Kier molecular flexibility index (Phi) is 7.16. The van der Waals surface area contributed by atoms with Crippen molar-refractivity contribution in [3.63, 3.8) is 0 Å². The molecule has 0 aliphatic carbocycles. The molecule has 6 heteroatoms. The number of benzene rings is 2. The van der Waals surface area contributed by atoms with Crippen LogP contribution in [0.4, 0.5) is 5.69 Å². The van der Waals surface area contributed by atoms with Gasteiger partial charge in [0.25, 0.3) is 5.91 Å². The van der Waals surface area contributed by atoms with Gasteiger partial charge >= 0.3 is 0 Å². The Morgan fingerprint density at radius 2 is 1.66 bits per heavy atom. The molecule has 1 aliphatic rings. The number of hydrogen-bond acceptors (Lipinski definition) is 5. The van der Waals surface area contributed by atoms with Crippen LogP contribution in [0.3, 0.4) is 0 Å². The molecule has 1 heterocycles. The fraction of sp³-hybridized carbons (Fsp3) is 0.304. The van der Waals surface area contributed by atoms with Gasteiger partial charge < -0.3 is 14.7 Å². The molecule has 1 amide bonds. The lowest BCUT2D eigenvalue weighted by atomic mass is 10.00. The van der Waals surface area contributed by atoms with E-state index in [0.717, 1.165) is 18.8 Å². The van der Waals surface area contributed by atoms with Crippen molar-refractivity contribution in [2.45, 2.75) is 6.92 Å². The van der Waals surface area contributed by atoms with Gasteiger partial charge in [0.1, 0.15) is 11.3 Å². The van der Waals surface area contributed by atoms with E-state index < -0.39 is 0 Å². The summed E-state index contributed by atoms with van der Waals surface area (Å²) in [5.74, 6) is -0.533. The molecule has 1 aliphatic heterocycles. The van der Waals surface area contributed by atoms with E-state index in [4.69, 9.17) is 10.1 Å². The summed E-state index contributed by atoms with van der Waals surface area (Å²) >= 11 is 0. The first-order chi connectivity index (χ1) is 14.1. The topological polar surface area (TPSA) is 76.9 Å². The molecule has 3 rings (SSSR count). The van der Waals surface area contributed by atoms with Crippen molar-refractivity contribution in [2.24, 2.45) is 0 Å². The van der Waals surface area contributed by atoms with Gasteiger partial charge in [0.2, 0.25) is 0 Å². The molecular formula is C23H27N3O3. The molecule has 1 fully saturated rings. The number of nitrogens with zero attached hydrogens (tertiary/aromatic N) is 2. The molecule has 0 bridgehead atoms. The molecule has 0 unspecified atom stereocenters. The first-order valence-corrected chi connectivity index (χ1v) is 9.79. The highest BCUT2D eigenvalue weighted by Gasteiger charge is 2.26. The van der Waals surface area contributed by atoms with Crippen molar-refractivity contribution < 1.29 is 14.6 Å². The maximum atomic E-state index is 13.5. The number of ether oxygens (including phenoxy) is 1. The lowest BCUT2D eigenvalue weighted by Gasteiger charge is -2.30. The van der Waals surface area contributed by atoms with Gasteiger partial charge in [0, 0.05) is 37.4 Å². The van der Waals surface area contributed by atoms with Crippen molar-refractivity contribution in [1.29, 1.82) is 5.41 Å². The van der Waals surface area contributed by atoms with Crippen LogP contribution >= 0.6 is 0 Å². The average Bonchev–Trinajstić information content (AvgIpc) is 2.76. The Morgan fingerprint density at radius 1 is 1.07 bits per heavy atom. The van der Waals surface area contributed by atoms with E-state index >= 15 is 0 Å². The van der Waals surface area contributed by atoms with Crippen molar-refractivity contribution in [3.05, 3.63) is 77.6 Å². The minimum absolute atomic E-state index is 0.0158. The summed E-state index contributed by atoms with van der Waals surface area (Å²) in [6, 6.07) is 18.4. The number of carbonyl (C=O) groups is 1. The fourth-order valence-corrected chi connectivity index (χ4v) is 3.35. The quantitative estimate of drug-likeness (QED) is 0.430. The number of anilines is 1. The number of aliphatic hydroxyl groups is 1. The third kappa shape index (κ3) is 5.31. The molecule has 2 aromatic rings. The molecule has 1 saturated heterocycles. The van der Waals surface area contributed by atoms with Crippen LogP contribution < -0.4 is 4.90 Å². The molecule has 152 valence electrons. The Labute approximate surface area is 171 Å². The summed E-state index contributed by atoms with van der Waals surface area (Å²) in [6.45, 7) is 5.66. The Balaban J connectivity index is 1.87. The monoisotopic (exact) mass is 393 g/mol. The molecule has 0 atom stereocenters. The predicted molar refractivity (Wildman–Crippen MR) is 115 cm³/mol. The van der Waals surface area contributed by atoms with Gasteiger partial charge in [0.05, 0.1) is 18.9 Å². The van der Waals surface area contributed by atoms with Crippen LogP contribution in [-0.4, -0.2) is 61.0 Å².